The molecule has 0 unspecified atom stereocenters. The van der Waals surface area contributed by atoms with Crippen LogP contribution in [0, 0.1) is 5.82 Å². The Morgan fingerprint density at radius 2 is 2.16 bits per heavy atom. The van der Waals surface area contributed by atoms with Gasteiger partial charge in [0.05, 0.1) is 14.8 Å². The van der Waals surface area contributed by atoms with Crippen molar-refractivity contribution in [1.82, 2.24) is 9.55 Å². The van der Waals surface area contributed by atoms with Crippen LogP contribution >= 0.6 is 27.3 Å². The van der Waals surface area contributed by atoms with E-state index in [9.17, 15) is 4.39 Å². The Kier molecular flexibility index (Phi) is 3.28. The lowest BCUT2D eigenvalue weighted by molar-refractivity contribution is 0.627. The molecule has 0 fully saturated rings. The van der Waals surface area contributed by atoms with E-state index in [-0.39, 0.29) is 5.82 Å². The average Bonchev–Trinajstić information content (AvgIpc) is 2.90. The largest absolute Gasteiger partial charge is 0.369 e. The zero-order valence-corrected chi connectivity index (χ0v) is 12.3. The maximum atomic E-state index is 13.3. The van der Waals surface area contributed by atoms with Crippen molar-refractivity contribution in [3.8, 4) is 0 Å². The minimum Gasteiger partial charge on any atom is -0.369 e. The lowest BCUT2D eigenvalue weighted by Gasteiger charge is -2.05. The Bertz CT molecular complexity index is 735. The van der Waals surface area contributed by atoms with Gasteiger partial charge in [0.2, 0.25) is 5.95 Å². The van der Waals surface area contributed by atoms with Gasteiger partial charge in [0.25, 0.3) is 0 Å². The fourth-order valence-corrected chi connectivity index (χ4v) is 3.53. The van der Waals surface area contributed by atoms with Crippen LogP contribution in [-0.2, 0) is 13.0 Å². The molecule has 3 nitrogen and oxygen atoms in total. The summed E-state index contributed by atoms with van der Waals surface area (Å²) in [6.45, 7) is 0.693. The van der Waals surface area contributed by atoms with Crippen molar-refractivity contribution in [2.45, 2.75) is 13.0 Å². The van der Waals surface area contributed by atoms with Gasteiger partial charge in [-0.15, -0.1) is 11.3 Å². The number of imidazole rings is 1. The Morgan fingerprint density at radius 3 is 2.89 bits per heavy atom. The molecule has 0 spiro atoms. The molecule has 1 aromatic carbocycles. The van der Waals surface area contributed by atoms with E-state index < -0.39 is 0 Å². The van der Waals surface area contributed by atoms with E-state index >= 15 is 0 Å². The Labute approximate surface area is 122 Å². The van der Waals surface area contributed by atoms with Gasteiger partial charge in [-0.2, -0.15) is 0 Å². The van der Waals surface area contributed by atoms with E-state index in [1.54, 1.807) is 17.4 Å². The lowest BCUT2D eigenvalue weighted by Crippen LogP contribution is -2.05. The molecule has 0 saturated carbocycles. The molecule has 6 heteroatoms. The highest BCUT2D eigenvalue weighted by molar-refractivity contribution is 9.11. The second-order valence-electron chi connectivity index (χ2n) is 4.21. The Balaban J connectivity index is 1.91. The molecule has 0 aliphatic rings. The highest BCUT2D eigenvalue weighted by Gasteiger charge is 2.09. The molecule has 0 saturated heterocycles. The molecule has 3 aromatic rings. The van der Waals surface area contributed by atoms with Crippen LogP contribution in [0.3, 0.4) is 0 Å². The number of aryl methyl sites for hydroxylation is 2. The average molecular weight is 340 g/mol. The van der Waals surface area contributed by atoms with Crippen molar-refractivity contribution in [2.75, 3.05) is 5.73 Å². The minimum absolute atomic E-state index is 0.271. The number of halogens is 2. The quantitative estimate of drug-likeness (QED) is 0.788. The van der Waals surface area contributed by atoms with Gasteiger partial charge in [-0.3, -0.25) is 0 Å². The summed E-state index contributed by atoms with van der Waals surface area (Å²) in [6.07, 6.45) is 0.850. The van der Waals surface area contributed by atoms with Crippen LogP contribution in [0.5, 0.6) is 0 Å². The van der Waals surface area contributed by atoms with Gasteiger partial charge in [-0.1, -0.05) is 0 Å². The van der Waals surface area contributed by atoms with Crippen molar-refractivity contribution < 1.29 is 4.39 Å². The summed E-state index contributed by atoms with van der Waals surface area (Å²) in [7, 11) is 0. The third kappa shape index (κ3) is 2.50. The van der Waals surface area contributed by atoms with Crippen molar-refractivity contribution in [2.24, 2.45) is 0 Å². The van der Waals surface area contributed by atoms with Gasteiger partial charge < -0.3 is 10.3 Å². The van der Waals surface area contributed by atoms with Crippen molar-refractivity contribution >= 4 is 44.2 Å². The summed E-state index contributed by atoms with van der Waals surface area (Å²) in [4.78, 5) is 5.49. The molecular formula is C13H11BrFN3S. The maximum absolute atomic E-state index is 13.3. The molecular weight excluding hydrogens is 329 g/mol. The number of hydrogen-bond acceptors (Lipinski definition) is 3. The highest BCUT2D eigenvalue weighted by atomic mass is 79.9. The van der Waals surface area contributed by atoms with Gasteiger partial charge in [0.15, 0.2) is 0 Å². The minimum atomic E-state index is -0.271. The standard InChI is InChI=1S/C13H11BrFN3S/c14-12-4-2-9(19-12)5-6-18-11-7-8(15)1-3-10(11)17-13(18)16/h1-4,7H,5-6H2,(H2,16,17). The lowest BCUT2D eigenvalue weighted by atomic mass is 10.3. The molecule has 98 valence electrons. The number of rotatable bonds is 3. The van der Waals surface area contributed by atoms with E-state index in [0.717, 1.165) is 21.2 Å². The summed E-state index contributed by atoms with van der Waals surface area (Å²) in [5.41, 5.74) is 7.37. The molecule has 0 aliphatic heterocycles. The first-order chi connectivity index (χ1) is 9.13. The van der Waals surface area contributed by atoms with E-state index in [1.807, 2.05) is 10.6 Å². The highest BCUT2D eigenvalue weighted by Crippen LogP contribution is 2.24. The van der Waals surface area contributed by atoms with Crippen LogP contribution in [0.1, 0.15) is 4.88 Å². The number of anilines is 1. The fourth-order valence-electron chi connectivity index (χ4n) is 2.06. The molecule has 0 aliphatic carbocycles. The number of nitrogens with zero attached hydrogens (tertiary/aromatic N) is 2. The van der Waals surface area contributed by atoms with E-state index in [0.29, 0.717) is 12.5 Å². The predicted molar refractivity (Wildman–Crippen MR) is 79.8 cm³/mol. The maximum Gasteiger partial charge on any atom is 0.201 e. The van der Waals surface area contributed by atoms with Gasteiger partial charge in [-0.25, -0.2) is 9.37 Å². The third-order valence-electron chi connectivity index (χ3n) is 2.95. The number of benzene rings is 1. The van der Waals surface area contributed by atoms with Crippen LogP contribution in [0.15, 0.2) is 34.1 Å². The van der Waals surface area contributed by atoms with Gasteiger partial charge >= 0.3 is 0 Å². The Hall–Kier alpha value is -1.40. The molecule has 2 aromatic heterocycles. The second kappa shape index (κ2) is 4.94. The first-order valence-corrected chi connectivity index (χ1v) is 7.40. The van der Waals surface area contributed by atoms with Crippen molar-refractivity contribution in [1.29, 1.82) is 0 Å². The SMILES string of the molecule is Nc1nc2ccc(F)cc2n1CCc1ccc(Br)s1. The second-order valence-corrected chi connectivity index (χ2v) is 6.76. The van der Waals surface area contributed by atoms with Crippen LogP contribution in [0.2, 0.25) is 0 Å². The smallest absolute Gasteiger partial charge is 0.201 e. The molecule has 0 amide bonds. The predicted octanol–water partition coefficient (Wildman–Crippen LogP) is 3.82. The summed E-state index contributed by atoms with van der Waals surface area (Å²) in [5.74, 6) is 0.156. The molecule has 0 radical (unpaired) electrons. The molecule has 3 rings (SSSR count). The van der Waals surface area contributed by atoms with Gasteiger partial charge in [0, 0.05) is 11.4 Å². The molecule has 2 N–H and O–H groups in total. The number of thiophene rings is 1. The molecule has 19 heavy (non-hydrogen) atoms. The summed E-state index contributed by atoms with van der Waals surface area (Å²) in [5, 5.41) is 0. The van der Waals surface area contributed by atoms with Crippen LogP contribution in [-0.4, -0.2) is 9.55 Å². The zero-order valence-electron chi connectivity index (χ0n) is 9.94. The van der Waals surface area contributed by atoms with Crippen LogP contribution < -0.4 is 5.73 Å². The monoisotopic (exact) mass is 339 g/mol. The zero-order chi connectivity index (χ0) is 13.4. The molecule has 0 atom stereocenters. The molecule has 2 heterocycles. The Morgan fingerprint density at radius 1 is 1.32 bits per heavy atom. The third-order valence-corrected chi connectivity index (χ3v) is 4.63. The van der Waals surface area contributed by atoms with Crippen molar-refractivity contribution in [3.05, 3.63) is 44.8 Å². The van der Waals surface area contributed by atoms with Crippen LogP contribution in [0.25, 0.3) is 11.0 Å². The number of hydrogen-bond donors (Lipinski definition) is 1. The fraction of sp³-hybridized carbons (Fsp3) is 0.154. The summed E-state index contributed by atoms with van der Waals surface area (Å²) < 4.78 is 16.3. The first-order valence-electron chi connectivity index (χ1n) is 5.79. The molecule has 0 bridgehead atoms. The number of aromatic nitrogens is 2. The van der Waals surface area contributed by atoms with E-state index in [2.05, 4.69) is 27.0 Å². The summed E-state index contributed by atoms with van der Waals surface area (Å²) in [6, 6.07) is 8.62. The first kappa shape index (κ1) is 12.6. The summed E-state index contributed by atoms with van der Waals surface area (Å²) >= 11 is 5.13. The number of nitrogen functional groups attached to an aromatic ring is 1. The number of fused-ring (bicyclic) bond motifs is 1. The van der Waals surface area contributed by atoms with E-state index in [4.69, 9.17) is 5.73 Å². The number of nitrogens with two attached hydrogens (primary N) is 1. The van der Waals surface area contributed by atoms with Gasteiger partial charge in [-0.05, 0) is 52.7 Å². The van der Waals surface area contributed by atoms with Crippen LogP contribution in [0.4, 0.5) is 10.3 Å². The van der Waals surface area contributed by atoms with Crippen molar-refractivity contribution in [3.63, 3.8) is 0 Å². The van der Waals surface area contributed by atoms with Gasteiger partial charge in [0.1, 0.15) is 5.82 Å². The topological polar surface area (TPSA) is 43.8 Å². The van der Waals surface area contributed by atoms with E-state index in [1.165, 1.54) is 17.0 Å². The normalized spacial score (nSPS) is 11.3.